The molecule has 0 N–H and O–H groups in total. The molecule has 3 atom stereocenters. The van der Waals surface area contributed by atoms with E-state index in [1.165, 1.54) is 19.3 Å². The van der Waals surface area contributed by atoms with Crippen molar-refractivity contribution in [3.8, 4) is 0 Å². The standard InChI is InChI=1S/C13H19IO2/c1-2-4-10-5-3-6-11-7-8-12(15)16-13(10,11)9-14/h2,10-11H,1,3-9H2/t10-,11-,13+/m0/s1. The second-order valence-corrected chi connectivity index (χ2v) is 5.71. The van der Waals surface area contributed by atoms with Crippen LogP contribution in [0.25, 0.3) is 0 Å². The van der Waals surface area contributed by atoms with Gasteiger partial charge in [-0.2, -0.15) is 0 Å². The molecule has 0 radical (unpaired) electrons. The van der Waals surface area contributed by atoms with Gasteiger partial charge in [0.1, 0.15) is 5.60 Å². The van der Waals surface area contributed by atoms with Crippen LogP contribution >= 0.6 is 22.6 Å². The molecular formula is C13H19IO2. The normalized spacial score (nSPS) is 38.7. The number of ether oxygens (including phenoxy) is 1. The molecule has 2 nitrogen and oxygen atoms in total. The number of hydrogen-bond donors (Lipinski definition) is 0. The maximum Gasteiger partial charge on any atom is 0.306 e. The fraction of sp³-hybridized carbons (Fsp3) is 0.769. The van der Waals surface area contributed by atoms with Crippen molar-refractivity contribution in [2.45, 2.75) is 44.1 Å². The number of alkyl halides is 1. The maximum atomic E-state index is 11.6. The highest BCUT2D eigenvalue weighted by Crippen LogP contribution is 2.48. The molecule has 3 heteroatoms. The van der Waals surface area contributed by atoms with Crippen molar-refractivity contribution in [3.05, 3.63) is 12.7 Å². The molecule has 1 heterocycles. The summed E-state index contributed by atoms with van der Waals surface area (Å²) in [6.45, 7) is 3.83. The maximum absolute atomic E-state index is 11.6. The summed E-state index contributed by atoms with van der Waals surface area (Å²) in [7, 11) is 0. The Morgan fingerprint density at radius 2 is 2.31 bits per heavy atom. The summed E-state index contributed by atoms with van der Waals surface area (Å²) >= 11 is 2.39. The molecule has 0 aromatic rings. The van der Waals surface area contributed by atoms with Crippen molar-refractivity contribution in [1.29, 1.82) is 0 Å². The summed E-state index contributed by atoms with van der Waals surface area (Å²) in [6, 6.07) is 0. The fourth-order valence-electron chi connectivity index (χ4n) is 3.31. The Kier molecular flexibility index (Phi) is 3.93. The predicted octanol–water partition coefficient (Wildman–Crippen LogP) is 3.49. The number of carbonyl (C=O) groups is 1. The molecule has 2 rings (SSSR count). The van der Waals surface area contributed by atoms with E-state index in [2.05, 4.69) is 29.2 Å². The molecule has 1 saturated carbocycles. The minimum Gasteiger partial charge on any atom is -0.458 e. The zero-order valence-corrected chi connectivity index (χ0v) is 11.7. The zero-order valence-electron chi connectivity index (χ0n) is 9.58. The predicted molar refractivity (Wildman–Crippen MR) is 72.6 cm³/mol. The number of hydrogen-bond acceptors (Lipinski definition) is 2. The van der Waals surface area contributed by atoms with E-state index < -0.39 is 0 Å². The van der Waals surface area contributed by atoms with Crippen LogP contribution in [0.15, 0.2) is 12.7 Å². The first-order valence-corrected chi connectivity index (χ1v) is 7.64. The van der Waals surface area contributed by atoms with Gasteiger partial charge in [-0.05, 0) is 25.7 Å². The summed E-state index contributed by atoms with van der Waals surface area (Å²) < 4.78 is 6.73. The molecule has 2 aliphatic rings. The topological polar surface area (TPSA) is 26.3 Å². The van der Waals surface area contributed by atoms with Crippen LogP contribution in [0.3, 0.4) is 0 Å². The largest absolute Gasteiger partial charge is 0.458 e. The first-order valence-electron chi connectivity index (χ1n) is 6.11. The third-order valence-corrected chi connectivity index (χ3v) is 5.34. The summed E-state index contributed by atoms with van der Waals surface area (Å²) in [5.41, 5.74) is -0.178. The van der Waals surface area contributed by atoms with E-state index in [1.54, 1.807) is 0 Å². The molecule has 0 unspecified atom stereocenters. The van der Waals surface area contributed by atoms with Crippen LogP contribution in [0.2, 0.25) is 0 Å². The minimum absolute atomic E-state index is 0.00359. The van der Waals surface area contributed by atoms with E-state index in [4.69, 9.17) is 4.74 Å². The summed E-state index contributed by atoms with van der Waals surface area (Å²) in [4.78, 5) is 11.6. The molecule has 1 aliphatic heterocycles. The third kappa shape index (κ3) is 2.03. The number of allylic oxidation sites excluding steroid dienone is 1. The highest BCUT2D eigenvalue weighted by atomic mass is 127. The monoisotopic (exact) mass is 334 g/mol. The Hall–Kier alpha value is -0.0600. The molecular weight excluding hydrogens is 315 g/mol. The lowest BCUT2D eigenvalue weighted by Gasteiger charge is -2.50. The number of halogens is 1. The van der Waals surface area contributed by atoms with Gasteiger partial charge in [0.05, 0.1) is 0 Å². The Labute approximate surface area is 111 Å². The molecule has 0 bridgehead atoms. The molecule has 1 saturated heterocycles. The van der Waals surface area contributed by atoms with Crippen LogP contribution in [-0.2, 0) is 9.53 Å². The van der Waals surface area contributed by atoms with Gasteiger partial charge in [-0.3, -0.25) is 4.79 Å². The second-order valence-electron chi connectivity index (χ2n) is 4.95. The van der Waals surface area contributed by atoms with E-state index in [0.717, 1.165) is 17.3 Å². The number of carbonyl (C=O) groups excluding carboxylic acids is 1. The summed E-state index contributed by atoms with van der Waals surface area (Å²) in [6.07, 6.45) is 8.28. The Morgan fingerprint density at radius 1 is 1.50 bits per heavy atom. The number of rotatable bonds is 3. The molecule has 0 amide bonds. The van der Waals surface area contributed by atoms with Crippen LogP contribution in [0.5, 0.6) is 0 Å². The summed E-state index contributed by atoms with van der Waals surface area (Å²) in [5.74, 6) is 1.08. The van der Waals surface area contributed by atoms with Crippen molar-refractivity contribution < 1.29 is 9.53 Å². The third-order valence-electron chi connectivity index (χ3n) is 4.15. The molecule has 90 valence electrons. The molecule has 16 heavy (non-hydrogen) atoms. The Morgan fingerprint density at radius 3 is 3.00 bits per heavy atom. The first-order chi connectivity index (χ1) is 7.73. The molecule has 0 aromatic carbocycles. The van der Waals surface area contributed by atoms with Gasteiger partial charge in [0.15, 0.2) is 0 Å². The van der Waals surface area contributed by atoms with Crippen LogP contribution in [0.4, 0.5) is 0 Å². The Bertz CT molecular complexity index is 290. The van der Waals surface area contributed by atoms with Crippen LogP contribution in [0.1, 0.15) is 38.5 Å². The van der Waals surface area contributed by atoms with E-state index >= 15 is 0 Å². The van der Waals surface area contributed by atoms with Crippen LogP contribution in [0, 0.1) is 11.8 Å². The van der Waals surface area contributed by atoms with Crippen molar-refractivity contribution >= 4 is 28.6 Å². The van der Waals surface area contributed by atoms with Crippen LogP contribution < -0.4 is 0 Å². The zero-order chi connectivity index (χ0) is 11.6. The van der Waals surface area contributed by atoms with E-state index in [1.807, 2.05) is 6.08 Å². The lowest BCUT2D eigenvalue weighted by atomic mass is 9.65. The number of fused-ring (bicyclic) bond motifs is 1. The van der Waals surface area contributed by atoms with Gasteiger partial charge < -0.3 is 4.74 Å². The highest BCUT2D eigenvalue weighted by Gasteiger charge is 2.51. The lowest BCUT2D eigenvalue weighted by Crippen LogP contribution is -2.55. The molecule has 2 fully saturated rings. The SMILES string of the molecule is C=CC[C@H]1CCC[C@H]2CCC(=O)O[C@@]21CI. The smallest absolute Gasteiger partial charge is 0.306 e. The molecule has 1 aliphatic carbocycles. The molecule has 0 spiro atoms. The Balaban J connectivity index is 2.25. The quantitative estimate of drug-likeness (QED) is 0.342. The first kappa shape index (κ1) is 12.4. The van der Waals surface area contributed by atoms with Gasteiger partial charge in [-0.15, -0.1) is 6.58 Å². The lowest BCUT2D eigenvalue weighted by molar-refractivity contribution is -0.187. The minimum atomic E-state index is -0.178. The van der Waals surface area contributed by atoms with E-state index in [0.29, 0.717) is 18.3 Å². The van der Waals surface area contributed by atoms with Gasteiger partial charge in [-0.1, -0.05) is 35.1 Å². The van der Waals surface area contributed by atoms with Crippen molar-refractivity contribution in [1.82, 2.24) is 0 Å². The van der Waals surface area contributed by atoms with Gasteiger partial charge in [0, 0.05) is 22.7 Å². The average Bonchev–Trinajstić information content (AvgIpc) is 2.30. The number of esters is 1. The van der Waals surface area contributed by atoms with Gasteiger partial charge >= 0.3 is 5.97 Å². The fourth-order valence-corrected chi connectivity index (χ4v) is 4.71. The van der Waals surface area contributed by atoms with Crippen molar-refractivity contribution in [2.75, 3.05) is 4.43 Å². The van der Waals surface area contributed by atoms with Gasteiger partial charge in [0.25, 0.3) is 0 Å². The second kappa shape index (κ2) is 5.07. The highest BCUT2D eigenvalue weighted by molar-refractivity contribution is 14.1. The van der Waals surface area contributed by atoms with Crippen molar-refractivity contribution in [2.24, 2.45) is 11.8 Å². The average molecular weight is 334 g/mol. The molecule has 0 aromatic heterocycles. The van der Waals surface area contributed by atoms with Crippen molar-refractivity contribution in [3.63, 3.8) is 0 Å². The van der Waals surface area contributed by atoms with Gasteiger partial charge in [-0.25, -0.2) is 0 Å². The van der Waals surface area contributed by atoms with Gasteiger partial charge in [0.2, 0.25) is 0 Å². The van der Waals surface area contributed by atoms with Crippen LogP contribution in [-0.4, -0.2) is 16.0 Å². The van der Waals surface area contributed by atoms with E-state index in [9.17, 15) is 4.79 Å². The van der Waals surface area contributed by atoms with E-state index in [-0.39, 0.29) is 11.6 Å². The summed E-state index contributed by atoms with van der Waals surface area (Å²) in [5, 5.41) is 0.